The van der Waals surface area contributed by atoms with Gasteiger partial charge in [-0.3, -0.25) is 20.2 Å². The quantitative estimate of drug-likeness (QED) is 0.338. The Labute approximate surface area is 188 Å². The Morgan fingerprint density at radius 3 is 1.82 bits per heavy atom. The third-order valence-corrected chi connectivity index (χ3v) is 4.38. The molecule has 11 nitrogen and oxygen atoms in total. The van der Waals surface area contributed by atoms with E-state index in [1.54, 1.807) is 25.3 Å². The zero-order chi connectivity index (χ0) is 24.4. The minimum absolute atomic E-state index is 0.157. The lowest BCUT2D eigenvalue weighted by Gasteiger charge is -2.08. The number of phenolic OH excluding ortho intramolecular Hbond substituents is 1. The topological polar surface area (TPSA) is 165 Å². The summed E-state index contributed by atoms with van der Waals surface area (Å²) in [5.41, 5.74) is 1.20. The summed E-state index contributed by atoms with van der Waals surface area (Å²) in [6.07, 6.45) is 0. The molecule has 0 aromatic heterocycles. The monoisotopic (exact) mass is 458 g/mol. The molecule has 0 bridgehead atoms. The molecule has 0 aliphatic carbocycles. The van der Waals surface area contributed by atoms with Crippen molar-refractivity contribution in [2.45, 2.75) is 19.8 Å². The van der Waals surface area contributed by atoms with Crippen LogP contribution in [0.15, 0.2) is 60.7 Å². The molecule has 0 atom stereocenters. The molecule has 0 unspecified atom stereocenters. The summed E-state index contributed by atoms with van der Waals surface area (Å²) in [7, 11) is 1.58. The highest BCUT2D eigenvalue weighted by molar-refractivity contribution is 5.49. The molecule has 0 aliphatic heterocycles. The molecule has 0 aliphatic rings. The molecule has 0 heterocycles. The van der Waals surface area contributed by atoms with Crippen LogP contribution < -0.4 is 9.47 Å². The van der Waals surface area contributed by atoms with Crippen LogP contribution in [0.5, 0.6) is 17.2 Å². The molecule has 174 valence electrons. The first kappa shape index (κ1) is 25.0. The fraction of sp³-hybridized carbons (Fsp3) is 0.182. The molecule has 0 fully saturated rings. The molecule has 3 N–H and O–H groups in total. The lowest BCUT2D eigenvalue weighted by Crippen LogP contribution is -2.00. The minimum atomic E-state index is -0.700. The van der Waals surface area contributed by atoms with Gasteiger partial charge in [0.05, 0.1) is 30.2 Å². The fourth-order valence-electron chi connectivity index (χ4n) is 2.62. The highest BCUT2D eigenvalue weighted by Gasteiger charge is 2.16. The van der Waals surface area contributed by atoms with Crippen LogP contribution in [-0.2, 0) is 19.8 Å². The molecule has 33 heavy (non-hydrogen) atoms. The number of hydrogen-bond acceptors (Lipinski definition) is 9. The van der Waals surface area contributed by atoms with Gasteiger partial charge in [-0.1, -0.05) is 24.3 Å². The number of nitro groups is 2. The van der Waals surface area contributed by atoms with Crippen LogP contribution >= 0.6 is 0 Å². The number of aliphatic hydroxyl groups excluding tert-OH is 2. The van der Waals surface area contributed by atoms with E-state index in [1.807, 2.05) is 12.1 Å². The van der Waals surface area contributed by atoms with Crippen LogP contribution in [0.25, 0.3) is 0 Å². The zero-order valence-corrected chi connectivity index (χ0v) is 17.6. The van der Waals surface area contributed by atoms with Crippen LogP contribution in [0, 0.1) is 20.2 Å². The number of aliphatic hydroxyl groups is 2. The van der Waals surface area contributed by atoms with E-state index in [4.69, 9.17) is 24.8 Å². The number of rotatable bonds is 8. The molecule has 11 heteroatoms. The summed E-state index contributed by atoms with van der Waals surface area (Å²) in [4.78, 5) is 20.0. The first-order valence-corrected chi connectivity index (χ1v) is 9.50. The number of ether oxygens (including phenoxy) is 2. The van der Waals surface area contributed by atoms with Gasteiger partial charge in [-0.25, -0.2) is 0 Å². The molecular formula is C22H22N2O9. The van der Waals surface area contributed by atoms with E-state index in [1.165, 1.54) is 24.3 Å². The molecule has 0 saturated heterocycles. The van der Waals surface area contributed by atoms with Crippen LogP contribution in [0.4, 0.5) is 11.4 Å². The number of hydrogen-bond donors (Lipinski definition) is 3. The first-order chi connectivity index (χ1) is 15.8. The summed E-state index contributed by atoms with van der Waals surface area (Å²) in [6, 6.07) is 15.4. The zero-order valence-electron chi connectivity index (χ0n) is 17.6. The normalized spacial score (nSPS) is 10.0. The van der Waals surface area contributed by atoms with Crippen LogP contribution in [0.3, 0.4) is 0 Å². The molecule has 0 saturated carbocycles. The molecule has 3 aromatic rings. The van der Waals surface area contributed by atoms with Gasteiger partial charge in [0.1, 0.15) is 12.4 Å². The summed E-state index contributed by atoms with van der Waals surface area (Å²) >= 11 is 0. The summed E-state index contributed by atoms with van der Waals surface area (Å²) in [6.45, 7) is -0.315. The molecule has 3 aromatic carbocycles. The Morgan fingerprint density at radius 2 is 1.30 bits per heavy atom. The van der Waals surface area contributed by atoms with E-state index in [-0.39, 0.29) is 36.9 Å². The van der Waals surface area contributed by atoms with Gasteiger partial charge < -0.3 is 24.8 Å². The fourth-order valence-corrected chi connectivity index (χ4v) is 2.62. The first-order valence-electron chi connectivity index (χ1n) is 9.50. The predicted molar refractivity (Wildman–Crippen MR) is 117 cm³/mol. The van der Waals surface area contributed by atoms with E-state index in [9.17, 15) is 20.2 Å². The van der Waals surface area contributed by atoms with Gasteiger partial charge in [0, 0.05) is 12.1 Å². The predicted octanol–water partition coefficient (Wildman–Crippen LogP) is 3.47. The largest absolute Gasteiger partial charge is 0.502 e. The van der Waals surface area contributed by atoms with Crippen molar-refractivity contribution in [1.29, 1.82) is 0 Å². The second-order valence-electron chi connectivity index (χ2n) is 6.59. The Kier molecular flexibility index (Phi) is 9.09. The maximum absolute atomic E-state index is 11.0. The van der Waals surface area contributed by atoms with Gasteiger partial charge >= 0.3 is 11.4 Å². The second kappa shape index (κ2) is 12.0. The summed E-state index contributed by atoms with van der Waals surface area (Å²) in [5, 5.41) is 47.9. The number of nitrogens with zero attached hydrogens (tertiary/aromatic N) is 2. The third-order valence-electron chi connectivity index (χ3n) is 4.38. The minimum Gasteiger partial charge on any atom is -0.502 e. The SMILES string of the molecule is COc1ccc(COc2ccc(CO)cc2[N+](=O)[O-])cc1.O=[N+]([O-])c1cc(CO)ccc1O. The van der Waals surface area contributed by atoms with Gasteiger partial charge in [0.25, 0.3) is 0 Å². The van der Waals surface area contributed by atoms with Crippen molar-refractivity contribution in [2.24, 2.45) is 0 Å². The Bertz CT molecular complexity index is 1100. The van der Waals surface area contributed by atoms with E-state index < -0.39 is 15.6 Å². The van der Waals surface area contributed by atoms with Crippen molar-refractivity contribution in [3.05, 3.63) is 97.6 Å². The number of aromatic hydroxyl groups is 1. The highest BCUT2D eigenvalue weighted by Crippen LogP contribution is 2.29. The standard InChI is InChI=1S/C15H15NO5.C7H7NO4/c1-20-13-5-2-11(3-6-13)10-21-15-7-4-12(9-17)8-14(15)16(18)19;9-4-5-1-2-7(10)6(3-5)8(11)12/h2-8,17H,9-10H2,1H3;1-3,9-10H,4H2. The van der Waals surface area contributed by atoms with E-state index >= 15 is 0 Å². The van der Waals surface area contributed by atoms with Crippen molar-refractivity contribution in [3.8, 4) is 17.2 Å². The van der Waals surface area contributed by atoms with Crippen LogP contribution in [0.2, 0.25) is 0 Å². The van der Waals surface area contributed by atoms with Gasteiger partial charge in [-0.15, -0.1) is 0 Å². The van der Waals surface area contributed by atoms with Crippen LogP contribution in [-0.4, -0.2) is 32.3 Å². The summed E-state index contributed by atoms with van der Waals surface area (Å²) in [5.74, 6) is 0.516. The molecule has 0 amide bonds. The molecule has 0 spiro atoms. The van der Waals surface area contributed by atoms with Crippen molar-refractivity contribution in [2.75, 3.05) is 7.11 Å². The lowest BCUT2D eigenvalue weighted by atomic mass is 10.2. The maximum atomic E-state index is 11.0. The number of phenols is 1. The summed E-state index contributed by atoms with van der Waals surface area (Å²) < 4.78 is 10.5. The van der Waals surface area contributed by atoms with Crippen LogP contribution in [0.1, 0.15) is 16.7 Å². The number of methoxy groups -OCH3 is 1. The van der Waals surface area contributed by atoms with Crippen molar-refractivity contribution in [3.63, 3.8) is 0 Å². The van der Waals surface area contributed by atoms with Gasteiger partial charge in [-0.2, -0.15) is 0 Å². The average Bonchev–Trinajstić information content (AvgIpc) is 2.83. The van der Waals surface area contributed by atoms with E-state index in [0.717, 1.165) is 17.4 Å². The van der Waals surface area contributed by atoms with E-state index in [2.05, 4.69) is 0 Å². The Balaban J connectivity index is 0.000000273. The molecule has 3 rings (SSSR count). The highest BCUT2D eigenvalue weighted by atomic mass is 16.6. The molecule has 0 radical (unpaired) electrons. The average molecular weight is 458 g/mol. The molecular weight excluding hydrogens is 436 g/mol. The maximum Gasteiger partial charge on any atom is 0.311 e. The van der Waals surface area contributed by atoms with Crippen molar-refractivity contribution >= 4 is 11.4 Å². The Hall–Kier alpha value is -4.22. The van der Waals surface area contributed by atoms with Gasteiger partial charge in [0.15, 0.2) is 11.5 Å². The van der Waals surface area contributed by atoms with E-state index in [0.29, 0.717) is 11.1 Å². The Morgan fingerprint density at radius 1 is 0.788 bits per heavy atom. The smallest absolute Gasteiger partial charge is 0.311 e. The van der Waals surface area contributed by atoms with Crippen molar-refractivity contribution in [1.82, 2.24) is 0 Å². The van der Waals surface area contributed by atoms with Gasteiger partial charge in [-0.05, 0) is 41.0 Å². The third kappa shape index (κ3) is 7.16. The lowest BCUT2D eigenvalue weighted by molar-refractivity contribution is -0.386. The van der Waals surface area contributed by atoms with Gasteiger partial charge in [0.2, 0.25) is 0 Å². The second-order valence-corrected chi connectivity index (χ2v) is 6.59. The number of benzene rings is 3. The number of nitro benzene ring substituents is 2. The van der Waals surface area contributed by atoms with Crippen molar-refractivity contribution < 1.29 is 34.6 Å².